The number of hydrogen-bond acceptors (Lipinski definition) is 3. The van der Waals surface area contributed by atoms with Crippen LogP contribution in [0.15, 0.2) is 22.8 Å². The van der Waals surface area contributed by atoms with Crippen LogP contribution in [0, 0.1) is 39.9 Å². The van der Waals surface area contributed by atoms with Crippen molar-refractivity contribution in [1.82, 2.24) is 0 Å². The van der Waals surface area contributed by atoms with Crippen molar-refractivity contribution in [2.45, 2.75) is 164 Å². The van der Waals surface area contributed by atoms with Crippen LogP contribution < -0.4 is 0 Å². The number of carbonyl (C=O) groups excluding carboxylic acids is 1. The third-order valence-corrected chi connectivity index (χ3v) is 18.9. The van der Waals surface area contributed by atoms with Gasteiger partial charge in [0, 0.05) is 0 Å². The third-order valence-electron chi connectivity index (χ3n) is 13.8. The molecular weight excluding hydrogens is 573 g/mol. The molecule has 0 aromatic heterocycles. The number of ether oxygens (including phenoxy) is 1. The van der Waals surface area contributed by atoms with E-state index < -0.39 is 14.3 Å². The Balaban J connectivity index is 1.62. The number of fused-ring (bicyclic) bond motifs is 4. The molecule has 45 heavy (non-hydrogen) atoms. The van der Waals surface area contributed by atoms with Crippen molar-refractivity contribution in [1.29, 1.82) is 0 Å². The van der Waals surface area contributed by atoms with Crippen molar-refractivity contribution in [3.63, 3.8) is 0 Å². The van der Waals surface area contributed by atoms with E-state index in [0.29, 0.717) is 11.3 Å². The SMILES string of the molecule is CCOC(=O)C(=[N+]=[N-])[Si](O[C@H]1CC[C@]2(C)C3=C(CCC2C1(C)C)[C@@H]1CC[C@H]([C@H](C)CCC=C(C)C)[C@@]1(C)CC3)(C(C)C)C(C)C. The van der Waals surface area contributed by atoms with Crippen LogP contribution >= 0.6 is 0 Å². The van der Waals surface area contributed by atoms with E-state index in [4.69, 9.17) is 9.16 Å². The molecule has 1 unspecified atom stereocenters. The Hall–Kier alpha value is -1.49. The lowest BCUT2D eigenvalue weighted by Gasteiger charge is -2.61. The predicted molar refractivity (Wildman–Crippen MR) is 188 cm³/mol. The number of hydrogen-bond donors (Lipinski definition) is 0. The molecule has 4 aliphatic rings. The van der Waals surface area contributed by atoms with Gasteiger partial charge >= 0.3 is 19.6 Å². The van der Waals surface area contributed by atoms with Gasteiger partial charge in [0.05, 0.1) is 12.7 Å². The maximum atomic E-state index is 13.2. The summed E-state index contributed by atoms with van der Waals surface area (Å²) in [6.45, 7) is 27.7. The van der Waals surface area contributed by atoms with Crippen molar-refractivity contribution in [2.75, 3.05) is 6.61 Å². The summed E-state index contributed by atoms with van der Waals surface area (Å²) in [5.74, 6) is 2.37. The Bertz CT molecular complexity index is 1210. The molecule has 0 aromatic rings. The van der Waals surface area contributed by atoms with Crippen LogP contribution in [0.25, 0.3) is 5.53 Å². The minimum Gasteiger partial charge on any atom is -0.458 e. The third kappa shape index (κ3) is 6.15. The molecule has 2 fully saturated rings. The first-order valence-electron chi connectivity index (χ1n) is 18.4. The number of allylic oxidation sites excluding steroid dienone is 4. The Labute approximate surface area is 277 Å². The zero-order chi connectivity index (χ0) is 33.5. The lowest BCUT2D eigenvalue weighted by Crippen LogP contribution is -2.63. The average Bonchev–Trinajstić information content (AvgIpc) is 3.31. The van der Waals surface area contributed by atoms with Crippen LogP contribution in [0.2, 0.25) is 11.1 Å². The first kappa shape index (κ1) is 36.3. The van der Waals surface area contributed by atoms with Crippen molar-refractivity contribution >= 4 is 19.6 Å². The van der Waals surface area contributed by atoms with Crippen molar-refractivity contribution in [3.8, 4) is 0 Å². The normalized spacial score (nSPS) is 33.2. The summed E-state index contributed by atoms with van der Waals surface area (Å²) in [4.78, 5) is 16.8. The van der Waals surface area contributed by atoms with Gasteiger partial charge in [-0.2, -0.15) is 4.79 Å². The van der Waals surface area contributed by atoms with Crippen LogP contribution in [0.4, 0.5) is 0 Å². The van der Waals surface area contributed by atoms with E-state index in [1.54, 1.807) is 6.92 Å². The molecule has 0 amide bonds. The van der Waals surface area contributed by atoms with E-state index in [2.05, 4.69) is 87.0 Å². The molecule has 254 valence electrons. The number of rotatable bonds is 11. The smallest absolute Gasteiger partial charge is 0.413 e. The predicted octanol–water partition coefficient (Wildman–Crippen LogP) is 10.7. The number of carbonyl (C=O) groups is 1. The Morgan fingerprint density at radius 2 is 1.67 bits per heavy atom. The van der Waals surface area contributed by atoms with E-state index in [-0.39, 0.29) is 40.0 Å². The van der Waals surface area contributed by atoms with Crippen molar-refractivity contribution in [2.24, 2.45) is 39.9 Å². The molecule has 0 saturated heterocycles. The summed E-state index contributed by atoms with van der Waals surface area (Å²) in [6, 6.07) is 0. The minimum absolute atomic E-state index is 0.00624. The number of nitrogens with zero attached hydrogens (tertiary/aromatic N) is 2. The summed E-state index contributed by atoms with van der Waals surface area (Å²) in [6.07, 6.45) is 14.9. The van der Waals surface area contributed by atoms with Gasteiger partial charge in [-0.15, -0.1) is 0 Å². The van der Waals surface area contributed by atoms with Gasteiger partial charge in [0.25, 0.3) is 0 Å². The molecule has 0 N–H and O–H groups in total. The van der Waals surface area contributed by atoms with Gasteiger partial charge in [-0.1, -0.05) is 85.1 Å². The summed E-state index contributed by atoms with van der Waals surface area (Å²) >= 11 is 0. The molecule has 2 saturated carbocycles. The molecule has 7 atom stereocenters. The molecule has 0 heterocycles. The van der Waals surface area contributed by atoms with Crippen LogP contribution in [0.3, 0.4) is 0 Å². The maximum Gasteiger partial charge on any atom is 0.413 e. The first-order chi connectivity index (χ1) is 21.0. The molecule has 4 aliphatic carbocycles. The second-order valence-electron chi connectivity index (χ2n) is 17.3. The number of esters is 1. The fourth-order valence-electron chi connectivity index (χ4n) is 11.5. The van der Waals surface area contributed by atoms with Crippen LogP contribution in [0.1, 0.15) is 147 Å². The van der Waals surface area contributed by atoms with Crippen molar-refractivity contribution < 1.29 is 18.7 Å². The zero-order valence-corrected chi connectivity index (χ0v) is 32.0. The monoisotopic (exact) mass is 638 g/mol. The van der Waals surface area contributed by atoms with Gasteiger partial charge in [0.1, 0.15) is 0 Å². The summed E-state index contributed by atoms with van der Waals surface area (Å²) in [7, 11) is -3.02. The largest absolute Gasteiger partial charge is 0.458 e. The summed E-state index contributed by atoms with van der Waals surface area (Å²) < 4.78 is 12.8. The lowest BCUT2D eigenvalue weighted by molar-refractivity contribution is -0.139. The highest BCUT2D eigenvalue weighted by Crippen LogP contribution is 2.68. The van der Waals surface area contributed by atoms with Gasteiger partial charge < -0.3 is 14.7 Å². The van der Waals surface area contributed by atoms with Gasteiger partial charge in [-0.05, 0) is 136 Å². The van der Waals surface area contributed by atoms with E-state index >= 15 is 0 Å². The molecule has 6 heteroatoms. The van der Waals surface area contributed by atoms with Crippen LogP contribution in [0.5, 0.6) is 0 Å². The Kier molecular flexibility index (Phi) is 10.9. The van der Waals surface area contributed by atoms with Crippen LogP contribution in [-0.2, 0) is 14.0 Å². The maximum absolute atomic E-state index is 13.2. The quantitative estimate of drug-likeness (QED) is 0.0564. The van der Waals surface area contributed by atoms with E-state index in [9.17, 15) is 10.3 Å². The van der Waals surface area contributed by atoms with E-state index in [0.717, 1.165) is 30.6 Å². The molecule has 4 rings (SSSR count). The van der Waals surface area contributed by atoms with Crippen LogP contribution in [-0.4, -0.2) is 37.1 Å². The molecule has 0 bridgehead atoms. The molecule has 0 aromatic carbocycles. The standard InChI is InChI=1S/C39H66N2O3Si/c1-13-43-36(42)35(41-40)45(26(4)5,27(6)7)44-34-22-24-39(12)32-21-23-38(11)30(28(8)16-14-15-25(2)3)18-19-31(38)29(32)17-20-33(39)37(34,9)10/h15,26-28,30-31,33-34H,13-14,16-24H2,1-12H3/t28-,30-,31+,33?,34+,38-,39-/m1/s1. The summed E-state index contributed by atoms with van der Waals surface area (Å²) in [5.41, 5.74) is 16.0. The highest BCUT2D eigenvalue weighted by molar-refractivity contribution is 7.11. The van der Waals surface area contributed by atoms with Gasteiger partial charge in [-0.3, -0.25) is 0 Å². The highest BCUT2D eigenvalue weighted by Gasteiger charge is 2.64. The fraction of sp³-hybridized carbons (Fsp3) is 0.846. The molecule has 0 spiro atoms. The lowest BCUT2D eigenvalue weighted by atomic mass is 9.46. The second kappa shape index (κ2) is 13.6. The Morgan fingerprint density at radius 3 is 2.24 bits per heavy atom. The second-order valence-corrected chi connectivity index (χ2v) is 21.9. The highest BCUT2D eigenvalue weighted by atomic mass is 28.4. The van der Waals surface area contributed by atoms with Crippen molar-refractivity contribution in [3.05, 3.63) is 28.3 Å². The Morgan fingerprint density at radius 1 is 1.00 bits per heavy atom. The minimum atomic E-state index is -3.02. The summed E-state index contributed by atoms with van der Waals surface area (Å²) in [5, 5.41) is 0.143. The molecule has 5 nitrogen and oxygen atoms in total. The zero-order valence-electron chi connectivity index (χ0n) is 31.0. The van der Waals surface area contributed by atoms with E-state index in [1.165, 1.54) is 56.9 Å². The van der Waals surface area contributed by atoms with Gasteiger partial charge in [0.2, 0.25) is 0 Å². The molecule has 0 aliphatic heterocycles. The fourth-order valence-corrected chi connectivity index (χ4v) is 16.1. The topological polar surface area (TPSA) is 71.9 Å². The molecular formula is C39H66N2O3Si. The molecule has 0 radical (unpaired) electrons. The van der Waals surface area contributed by atoms with Gasteiger partial charge in [-0.25, -0.2) is 4.79 Å². The average molecular weight is 639 g/mol. The van der Waals surface area contributed by atoms with Gasteiger partial charge in [0.15, 0.2) is 0 Å². The van der Waals surface area contributed by atoms with E-state index in [1.807, 2.05) is 11.1 Å². The first-order valence-corrected chi connectivity index (χ1v) is 20.5.